The number of amides is 1. The molecule has 0 bridgehead atoms. The molecular weight excluding hydrogens is 404 g/mol. The fraction of sp³-hybridized carbons (Fsp3) is 0.240. The van der Waals surface area contributed by atoms with Crippen LogP contribution in [0, 0.1) is 0 Å². The Kier molecular flexibility index (Phi) is 6.35. The van der Waals surface area contributed by atoms with E-state index in [2.05, 4.69) is 10.4 Å². The number of benzene rings is 2. The highest BCUT2D eigenvalue weighted by Crippen LogP contribution is 2.27. The minimum absolute atomic E-state index is 0.121. The van der Waals surface area contributed by atoms with Crippen LogP contribution in [0.4, 0.5) is 0 Å². The predicted octanol–water partition coefficient (Wildman–Crippen LogP) is 4.50. The summed E-state index contributed by atoms with van der Waals surface area (Å²) < 4.78 is 12.9. The quantitative estimate of drug-likeness (QED) is 0.417. The third kappa shape index (κ3) is 4.42. The van der Waals surface area contributed by atoms with Gasteiger partial charge in [0.15, 0.2) is 17.1 Å². The first-order valence-electron chi connectivity index (χ1n) is 10.6. The van der Waals surface area contributed by atoms with Crippen molar-refractivity contribution in [3.63, 3.8) is 0 Å². The molecule has 0 radical (unpaired) electrons. The number of hydrogen-bond acceptors (Lipinski definition) is 5. The molecule has 0 saturated carbocycles. The zero-order valence-electron chi connectivity index (χ0n) is 18.4. The highest BCUT2D eigenvalue weighted by atomic mass is 16.5. The van der Waals surface area contributed by atoms with Gasteiger partial charge in [-0.2, -0.15) is 5.10 Å². The molecule has 4 aromatic rings. The second-order valence-electron chi connectivity index (χ2n) is 7.60. The van der Waals surface area contributed by atoms with Crippen molar-refractivity contribution in [1.29, 1.82) is 0 Å². The molecule has 0 fully saturated rings. The van der Waals surface area contributed by atoms with E-state index in [-0.39, 0.29) is 11.9 Å². The van der Waals surface area contributed by atoms with Crippen LogP contribution in [-0.4, -0.2) is 40.9 Å². The molecule has 32 heavy (non-hydrogen) atoms. The Morgan fingerprint density at radius 3 is 2.50 bits per heavy atom. The van der Waals surface area contributed by atoms with Crippen molar-refractivity contribution in [3.8, 4) is 22.8 Å². The van der Waals surface area contributed by atoms with Gasteiger partial charge in [-0.25, -0.2) is 9.67 Å². The van der Waals surface area contributed by atoms with Crippen LogP contribution >= 0.6 is 0 Å². The van der Waals surface area contributed by atoms with Gasteiger partial charge in [0.1, 0.15) is 6.61 Å². The third-order valence-electron chi connectivity index (χ3n) is 5.08. The van der Waals surface area contributed by atoms with Crippen LogP contribution in [0.5, 0.6) is 11.5 Å². The van der Waals surface area contributed by atoms with Crippen LogP contribution in [0.15, 0.2) is 66.9 Å². The number of ether oxygens (including phenoxy) is 2. The molecule has 2 aromatic carbocycles. The SMILES string of the molecule is COc1ccccc1OCCNC(=O)c1cc(-c2ccccc2)nc2c1cnn2C(C)C. The summed E-state index contributed by atoms with van der Waals surface area (Å²) in [5.41, 5.74) is 2.91. The number of nitrogens with one attached hydrogen (secondary N) is 1. The van der Waals surface area contributed by atoms with Gasteiger partial charge in [-0.05, 0) is 32.0 Å². The predicted molar refractivity (Wildman–Crippen MR) is 124 cm³/mol. The first kappa shape index (κ1) is 21.4. The van der Waals surface area contributed by atoms with E-state index in [1.54, 1.807) is 13.3 Å². The maximum atomic E-state index is 13.1. The Hall–Kier alpha value is -3.87. The maximum Gasteiger partial charge on any atom is 0.252 e. The molecule has 0 atom stereocenters. The molecule has 0 unspecified atom stereocenters. The Morgan fingerprint density at radius 1 is 1.06 bits per heavy atom. The van der Waals surface area contributed by atoms with Crippen molar-refractivity contribution >= 4 is 16.9 Å². The van der Waals surface area contributed by atoms with E-state index in [0.29, 0.717) is 35.9 Å². The lowest BCUT2D eigenvalue weighted by Gasteiger charge is -2.12. The van der Waals surface area contributed by atoms with Gasteiger partial charge in [0.2, 0.25) is 0 Å². The third-order valence-corrected chi connectivity index (χ3v) is 5.08. The topological polar surface area (TPSA) is 78.3 Å². The summed E-state index contributed by atoms with van der Waals surface area (Å²) in [6.07, 6.45) is 1.71. The maximum absolute atomic E-state index is 13.1. The monoisotopic (exact) mass is 430 g/mol. The Labute approximate surface area is 187 Å². The van der Waals surface area contributed by atoms with Gasteiger partial charge in [-0.15, -0.1) is 0 Å². The molecule has 164 valence electrons. The normalized spacial score (nSPS) is 11.0. The van der Waals surface area contributed by atoms with Crippen molar-refractivity contribution in [2.45, 2.75) is 19.9 Å². The van der Waals surface area contributed by atoms with E-state index in [9.17, 15) is 4.79 Å². The largest absolute Gasteiger partial charge is 0.493 e. The average Bonchev–Trinajstić information content (AvgIpc) is 3.26. The molecule has 7 heteroatoms. The number of carbonyl (C=O) groups is 1. The Balaban J connectivity index is 1.56. The molecule has 0 saturated heterocycles. The standard InChI is InChI=1S/C25H26N4O3/c1-17(2)29-24-20(16-27-29)19(15-21(28-24)18-9-5-4-6-10-18)25(30)26-13-14-32-23-12-8-7-11-22(23)31-3/h4-12,15-17H,13-14H2,1-3H3,(H,26,30). The van der Waals surface area contributed by atoms with Gasteiger partial charge in [0.05, 0.1) is 36.5 Å². The molecular formula is C25H26N4O3. The fourth-order valence-corrected chi connectivity index (χ4v) is 3.50. The van der Waals surface area contributed by atoms with E-state index in [1.807, 2.05) is 79.2 Å². The zero-order chi connectivity index (χ0) is 22.5. The molecule has 0 aliphatic carbocycles. The number of para-hydroxylation sites is 2. The number of fused-ring (bicyclic) bond motifs is 1. The van der Waals surface area contributed by atoms with Crippen molar-refractivity contribution in [3.05, 3.63) is 72.4 Å². The van der Waals surface area contributed by atoms with E-state index in [1.165, 1.54) is 0 Å². The molecule has 2 aromatic heterocycles. The van der Waals surface area contributed by atoms with Crippen LogP contribution < -0.4 is 14.8 Å². The van der Waals surface area contributed by atoms with Gasteiger partial charge in [0.25, 0.3) is 5.91 Å². The summed E-state index contributed by atoms with van der Waals surface area (Å²) in [5.74, 6) is 1.10. The lowest BCUT2D eigenvalue weighted by molar-refractivity contribution is 0.0948. The van der Waals surface area contributed by atoms with Crippen LogP contribution in [0.1, 0.15) is 30.2 Å². The summed E-state index contributed by atoms with van der Waals surface area (Å²) in [6, 6.07) is 19.2. The zero-order valence-corrected chi connectivity index (χ0v) is 18.4. The van der Waals surface area contributed by atoms with Crippen LogP contribution in [0.2, 0.25) is 0 Å². The van der Waals surface area contributed by atoms with E-state index < -0.39 is 0 Å². The molecule has 4 rings (SSSR count). The first-order valence-corrected chi connectivity index (χ1v) is 10.6. The summed E-state index contributed by atoms with van der Waals surface area (Å²) in [4.78, 5) is 17.9. The van der Waals surface area contributed by atoms with Crippen molar-refractivity contribution < 1.29 is 14.3 Å². The Morgan fingerprint density at radius 2 is 1.78 bits per heavy atom. The van der Waals surface area contributed by atoms with Gasteiger partial charge < -0.3 is 14.8 Å². The van der Waals surface area contributed by atoms with Gasteiger partial charge in [0, 0.05) is 11.6 Å². The second-order valence-corrected chi connectivity index (χ2v) is 7.60. The van der Waals surface area contributed by atoms with Gasteiger partial charge in [-0.1, -0.05) is 42.5 Å². The minimum Gasteiger partial charge on any atom is -0.493 e. The van der Waals surface area contributed by atoms with Crippen LogP contribution in [0.3, 0.4) is 0 Å². The number of carbonyl (C=O) groups excluding carboxylic acids is 1. The lowest BCUT2D eigenvalue weighted by atomic mass is 10.1. The summed E-state index contributed by atoms with van der Waals surface area (Å²) >= 11 is 0. The highest BCUT2D eigenvalue weighted by Gasteiger charge is 2.18. The molecule has 7 nitrogen and oxygen atoms in total. The number of rotatable bonds is 8. The summed E-state index contributed by atoms with van der Waals surface area (Å²) in [7, 11) is 1.60. The smallest absolute Gasteiger partial charge is 0.252 e. The van der Waals surface area contributed by atoms with Crippen molar-refractivity contribution in [2.75, 3.05) is 20.3 Å². The molecule has 1 amide bonds. The highest BCUT2D eigenvalue weighted by molar-refractivity contribution is 6.06. The summed E-state index contributed by atoms with van der Waals surface area (Å²) in [6.45, 7) is 4.74. The molecule has 0 aliphatic heterocycles. The number of methoxy groups -OCH3 is 1. The number of nitrogens with zero attached hydrogens (tertiary/aromatic N) is 3. The van der Waals surface area contributed by atoms with E-state index >= 15 is 0 Å². The van der Waals surface area contributed by atoms with E-state index in [4.69, 9.17) is 14.5 Å². The molecule has 2 heterocycles. The molecule has 1 N–H and O–H groups in total. The minimum atomic E-state index is -0.193. The lowest BCUT2D eigenvalue weighted by Crippen LogP contribution is -2.28. The number of pyridine rings is 1. The summed E-state index contributed by atoms with van der Waals surface area (Å²) in [5, 5.41) is 8.13. The van der Waals surface area contributed by atoms with Crippen molar-refractivity contribution in [1.82, 2.24) is 20.1 Å². The van der Waals surface area contributed by atoms with E-state index in [0.717, 1.165) is 16.6 Å². The van der Waals surface area contributed by atoms with Crippen LogP contribution in [0.25, 0.3) is 22.3 Å². The van der Waals surface area contributed by atoms with Gasteiger partial charge >= 0.3 is 0 Å². The number of aromatic nitrogens is 3. The Bertz CT molecular complexity index is 1220. The first-order chi connectivity index (χ1) is 15.6. The van der Waals surface area contributed by atoms with Crippen molar-refractivity contribution in [2.24, 2.45) is 0 Å². The average molecular weight is 431 g/mol. The van der Waals surface area contributed by atoms with Gasteiger partial charge in [-0.3, -0.25) is 4.79 Å². The number of hydrogen-bond donors (Lipinski definition) is 1. The molecule has 0 spiro atoms. The fourth-order valence-electron chi connectivity index (χ4n) is 3.50. The molecule has 0 aliphatic rings. The second kappa shape index (κ2) is 9.51. The van der Waals surface area contributed by atoms with Crippen LogP contribution in [-0.2, 0) is 0 Å².